The van der Waals surface area contributed by atoms with Gasteiger partial charge in [0.1, 0.15) is 10.8 Å². The third kappa shape index (κ3) is 4.43. The smallest absolute Gasteiger partial charge is 0.304 e. The number of nitrogens with zero attached hydrogens (tertiary/aromatic N) is 1. The van der Waals surface area contributed by atoms with Crippen LogP contribution in [0.1, 0.15) is 27.8 Å². The van der Waals surface area contributed by atoms with Crippen LogP contribution in [0.15, 0.2) is 42.6 Å². The molecular formula is C20H17Cl2NO3S. The molecule has 1 atom stereocenters. The number of carboxylic acid groups (broad SMARTS) is 1. The van der Waals surface area contributed by atoms with E-state index in [0.717, 1.165) is 26.6 Å². The number of halogens is 2. The number of methoxy groups -OCH3 is 1. The normalized spacial score (nSPS) is 12.0. The first kappa shape index (κ1) is 19.7. The number of thiazole rings is 1. The molecule has 1 unspecified atom stereocenters. The maximum atomic E-state index is 11.5. The first-order chi connectivity index (χ1) is 12.9. The fourth-order valence-electron chi connectivity index (χ4n) is 2.97. The average Bonchev–Trinajstić information content (AvgIpc) is 3.04. The number of aliphatic carboxylic acids is 1. The number of hydrogen-bond acceptors (Lipinski definition) is 4. The Labute approximate surface area is 171 Å². The number of ether oxygens (including phenoxy) is 1. The van der Waals surface area contributed by atoms with E-state index in [1.54, 1.807) is 31.5 Å². The fourth-order valence-corrected chi connectivity index (χ4v) is 4.39. The van der Waals surface area contributed by atoms with E-state index in [1.807, 2.05) is 25.1 Å². The Morgan fingerprint density at radius 1 is 1.30 bits per heavy atom. The van der Waals surface area contributed by atoms with Crippen molar-refractivity contribution in [1.29, 1.82) is 0 Å². The zero-order chi connectivity index (χ0) is 19.6. The number of aryl methyl sites for hydroxylation is 1. The largest absolute Gasteiger partial charge is 0.496 e. The maximum absolute atomic E-state index is 11.5. The van der Waals surface area contributed by atoms with Gasteiger partial charge in [-0.05, 0) is 42.3 Å². The Hall–Kier alpha value is -2.08. The molecule has 0 radical (unpaired) electrons. The summed E-state index contributed by atoms with van der Waals surface area (Å²) >= 11 is 14.3. The summed E-state index contributed by atoms with van der Waals surface area (Å²) in [5.74, 6) is -0.674. The van der Waals surface area contributed by atoms with Crippen LogP contribution >= 0.6 is 34.5 Å². The van der Waals surface area contributed by atoms with Gasteiger partial charge in [-0.15, -0.1) is 11.3 Å². The summed E-state index contributed by atoms with van der Waals surface area (Å²) < 4.78 is 5.44. The highest BCUT2D eigenvalue weighted by Crippen LogP contribution is 2.40. The lowest BCUT2D eigenvalue weighted by atomic mass is 9.92. The van der Waals surface area contributed by atoms with Crippen LogP contribution in [0.2, 0.25) is 10.0 Å². The van der Waals surface area contributed by atoms with Crippen molar-refractivity contribution >= 4 is 40.5 Å². The second-order valence-electron chi connectivity index (χ2n) is 6.05. The van der Waals surface area contributed by atoms with Gasteiger partial charge in [-0.25, -0.2) is 4.98 Å². The van der Waals surface area contributed by atoms with Crippen molar-refractivity contribution in [2.24, 2.45) is 0 Å². The van der Waals surface area contributed by atoms with Crippen molar-refractivity contribution in [1.82, 2.24) is 4.98 Å². The highest BCUT2D eigenvalue weighted by Gasteiger charge is 2.23. The van der Waals surface area contributed by atoms with Crippen LogP contribution in [0.4, 0.5) is 0 Å². The lowest BCUT2D eigenvalue weighted by Crippen LogP contribution is -2.08. The highest BCUT2D eigenvalue weighted by atomic mass is 35.5. The summed E-state index contributed by atoms with van der Waals surface area (Å²) in [6, 6.07) is 10.9. The molecule has 0 saturated heterocycles. The predicted octanol–water partition coefficient (Wildman–Crippen LogP) is 6.04. The molecule has 7 heteroatoms. The van der Waals surface area contributed by atoms with Gasteiger partial charge in [0.05, 0.1) is 18.6 Å². The van der Waals surface area contributed by atoms with Gasteiger partial charge in [0.2, 0.25) is 0 Å². The molecule has 1 aromatic heterocycles. The first-order valence-corrected chi connectivity index (χ1v) is 9.73. The Bertz CT molecular complexity index is 987. The Morgan fingerprint density at radius 2 is 2.07 bits per heavy atom. The minimum atomic E-state index is -0.898. The summed E-state index contributed by atoms with van der Waals surface area (Å²) in [7, 11) is 1.58. The minimum absolute atomic E-state index is 0.0770. The van der Waals surface area contributed by atoms with Gasteiger partial charge < -0.3 is 9.84 Å². The van der Waals surface area contributed by atoms with Crippen molar-refractivity contribution in [2.45, 2.75) is 19.3 Å². The van der Waals surface area contributed by atoms with Gasteiger partial charge in [0.25, 0.3) is 0 Å². The van der Waals surface area contributed by atoms with Crippen molar-refractivity contribution in [3.63, 3.8) is 0 Å². The molecule has 0 aliphatic rings. The summed E-state index contributed by atoms with van der Waals surface area (Å²) in [4.78, 5) is 16.9. The van der Waals surface area contributed by atoms with Gasteiger partial charge >= 0.3 is 5.97 Å². The topological polar surface area (TPSA) is 59.4 Å². The van der Waals surface area contributed by atoms with Crippen molar-refractivity contribution in [2.75, 3.05) is 7.11 Å². The van der Waals surface area contributed by atoms with Crippen molar-refractivity contribution in [3.8, 4) is 16.9 Å². The lowest BCUT2D eigenvalue weighted by molar-refractivity contribution is -0.137. The summed E-state index contributed by atoms with van der Waals surface area (Å²) in [5.41, 5.74) is 2.26. The molecule has 0 bridgehead atoms. The molecule has 0 fully saturated rings. The lowest BCUT2D eigenvalue weighted by Gasteiger charge is -2.17. The standard InChI is InChI=1S/C20H17Cl2NO3S/c1-11-10-23-20(27-11)15(9-18(24)25)12-6-13(8-14(21)7-12)19-16(22)4-3-5-17(19)26-2/h3-8,10,15H,9H2,1-2H3,(H,24,25). The van der Waals surface area contributed by atoms with Crippen LogP contribution in [0.3, 0.4) is 0 Å². The number of aromatic nitrogens is 1. The van der Waals surface area contributed by atoms with E-state index in [2.05, 4.69) is 4.98 Å². The second-order valence-corrected chi connectivity index (χ2v) is 8.16. The molecule has 0 amide bonds. The van der Waals surface area contributed by atoms with Crippen molar-refractivity contribution < 1.29 is 14.6 Å². The molecule has 140 valence electrons. The number of carbonyl (C=O) groups is 1. The van der Waals surface area contributed by atoms with Crippen LogP contribution in [0, 0.1) is 6.92 Å². The van der Waals surface area contributed by atoms with Crippen LogP contribution in [0.5, 0.6) is 5.75 Å². The van der Waals surface area contributed by atoms with Crippen LogP contribution < -0.4 is 4.74 Å². The van der Waals surface area contributed by atoms with Crippen LogP contribution in [-0.2, 0) is 4.79 Å². The summed E-state index contributed by atoms with van der Waals surface area (Å²) in [5, 5.41) is 11.2. The molecule has 0 saturated carbocycles. The third-order valence-electron chi connectivity index (χ3n) is 4.12. The van der Waals surface area contributed by atoms with Gasteiger partial charge in [-0.1, -0.05) is 35.3 Å². The van der Waals surface area contributed by atoms with Gasteiger partial charge in [-0.3, -0.25) is 4.79 Å². The Balaban J connectivity index is 2.15. The van der Waals surface area contributed by atoms with Gasteiger partial charge in [0, 0.05) is 27.6 Å². The average molecular weight is 422 g/mol. The van der Waals surface area contributed by atoms with E-state index < -0.39 is 11.9 Å². The zero-order valence-corrected chi connectivity index (χ0v) is 17.0. The third-order valence-corrected chi connectivity index (χ3v) is 5.68. The Kier molecular flexibility index (Phi) is 6.05. The number of carboxylic acids is 1. The quantitative estimate of drug-likeness (QED) is 0.526. The molecule has 3 rings (SSSR count). The molecule has 1 heterocycles. The number of hydrogen-bond donors (Lipinski definition) is 1. The minimum Gasteiger partial charge on any atom is -0.496 e. The molecule has 0 aliphatic carbocycles. The van der Waals surface area contributed by atoms with E-state index in [-0.39, 0.29) is 6.42 Å². The van der Waals surface area contributed by atoms with Crippen LogP contribution in [0.25, 0.3) is 11.1 Å². The second kappa shape index (κ2) is 8.30. The van der Waals surface area contributed by atoms with E-state index in [4.69, 9.17) is 27.9 Å². The monoisotopic (exact) mass is 421 g/mol. The molecular weight excluding hydrogens is 405 g/mol. The predicted molar refractivity (Wildman–Crippen MR) is 109 cm³/mol. The molecule has 3 aromatic rings. The molecule has 27 heavy (non-hydrogen) atoms. The number of benzene rings is 2. The van der Waals surface area contributed by atoms with E-state index in [9.17, 15) is 9.90 Å². The van der Waals surface area contributed by atoms with E-state index >= 15 is 0 Å². The van der Waals surface area contributed by atoms with Gasteiger partial charge in [0.15, 0.2) is 0 Å². The maximum Gasteiger partial charge on any atom is 0.304 e. The fraction of sp³-hybridized carbons (Fsp3) is 0.200. The van der Waals surface area contributed by atoms with Crippen molar-refractivity contribution in [3.05, 3.63) is 68.1 Å². The number of rotatable bonds is 6. The molecule has 0 spiro atoms. The highest BCUT2D eigenvalue weighted by molar-refractivity contribution is 7.11. The summed E-state index contributed by atoms with van der Waals surface area (Å²) in [6.45, 7) is 1.94. The zero-order valence-electron chi connectivity index (χ0n) is 14.7. The summed E-state index contributed by atoms with van der Waals surface area (Å²) in [6.07, 6.45) is 1.67. The van der Waals surface area contributed by atoms with Crippen LogP contribution in [-0.4, -0.2) is 23.2 Å². The molecule has 1 N–H and O–H groups in total. The molecule has 0 aliphatic heterocycles. The van der Waals surface area contributed by atoms with E-state index in [0.29, 0.717) is 15.8 Å². The Morgan fingerprint density at radius 3 is 2.70 bits per heavy atom. The first-order valence-electron chi connectivity index (χ1n) is 8.16. The van der Waals surface area contributed by atoms with E-state index in [1.165, 1.54) is 11.3 Å². The molecule has 4 nitrogen and oxygen atoms in total. The molecule has 2 aromatic carbocycles. The SMILES string of the molecule is COc1cccc(Cl)c1-c1cc(Cl)cc(C(CC(=O)O)c2ncc(C)s2)c1. The van der Waals surface area contributed by atoms with Gasteiger partial charge in [-0.2, -0.15) is 0 Å².